The zero-order valence-corrected chi connectivity index (χ0v) is 15.3. The highest BCUT2D eigenvalue weighted by atomic mass is 16.6. The van der Waals surface area contributed by atoms with Gasteiger partial charge in [0.2, 0.25) is 5.89 Å². The lowest BCUT2D eigenvalue weighted by molar-refractivity contribution is 0.0139. The number of H-pyrrole nitrogens is 1. The topological polar surface area (TPSA) is 91.7 Å². The average molecular weight is 360 g/mol. The average Bonchev–Trinajstić information content (AvgIpc) is 3.01. The summed E-state index contributed by atoms with van der Waals surface area (Å²) in [6, 6.07) is 7.74. The number of piperazine rings is 1. The Morgan fingerprint density at radius 1 is 1.19 bits per heavy atom. The van der Waals surface area contributed by atoms with Gasteiger partial charge in [-0.05, 0) is 38.5 Å². The Morgan fingerprint density at radius 2 is 1.85 bits per heavy atom. The van der Waals surface area contributed by atoms with Crippen molar-refractivity contribution in [2.75, 3.05) is 26.2 Å². The molecule has 3 rings (SSSR count). The van der Waals surface area contributed by atoms with Crippen molar-refractivity contribution >= 4 is 6.09 Å². The second kappa shape index (κ2) is 7.33. The van der Waals surface area contributed by atoms with Crippen molar-refractivity contribution in [1.82, 2.24) is 20.0 Å². The SMILES string of the molecule is CC(C)(C)OC(=O)N1CCN(Cc2ccc(-c3n[nH]c(=O)o3)cc2)CC1. The number of aromatic nitrogens is 2. The van der Waals surface area contributed by atoms with Gasteiger partial charge in [0.15, 0.2) is 0 Å². The van der Waals surface area contributed by atoms with Crippen LogP contribution in [0.2, 0.25) is 0 Å². The molecule has 1 fully saturated rings. The number of rotatable bonds is 3. The first-order valence-corrected chi connectivity index (χ1v) is 8.65. The normalized spacial score (nSPS) is 15.9. The van der Waals surface area contributed by atoms with E-state index >= 15 is 0 Å². The molecule has 26 heavy (non-hydrogen) atoms. The minimum atomic E-state index is -0.563. The van der Waals surface area contributed by atoms with Gasteiger partial charge in [-0.25, -0.2) is 14.7 Å². The molecule has 0 unspecified atom stereocenters. The van der Waals surface area contributed by atoms with Gasteiger partial charge in [-0.2, -0.15) is 0 Å². The number of nitrogens with zero attached hydrogens (tertiary/aromatic N) is 3. The number of carbonyl (C=O) groups excluding carboxylic acids is 1. The number of aromatic amines is 1. The number of hydrogen-bond acceptors (Lipinski definition) is 6. The molecule has 1 aliphatic rings. The fraction of sp³-hybridized carbons (Fsp3) is 0.500. The summed E-state index contributed by atoms with van der Waals surface area (Å²) in [6.45, 7) is 9.34. The van der Waals surface area contributed by atoms with Gasteiger partial charge in [0, 0.05) is 38.3 Å². The maximum Gasteiger partial charge on any atom is 0.434 e. The van der Waals surface area contributed by atoms with E-state index in [1.165, 1.54) is 0 Å². The van der Waals surface area contributed by atoms with E-state index in [4.69, 9.17) is 9.15 Å². The van der Waals surface area contributed by atoms with Crippen molar-refractivity contribution in [3.05, 3.63) is 40.4 Å². The first-order chi connectivity index (χ1) is 12.3. The summed E-state index contributed by atoms with van der Waals surface area (Å²) in [5, 5.41) is 6.07. The van der Waals surface area contributed by atoms with Crippen molar-refractivity contribution in [3.8, 4) is 11.5 Å². The van der Waals surface area contributed by atoms with Crippen LogP contribution >= 0.6 is 0 Å². The minimum absolute atomic E-state index is 0.248. The minimum Gasteiger partial charge on any atom is -0.444 e. The third-order valence-electron chi connectivity index (χ3n) is 4.07. The second-order valence-corrected chi connectivity index (χ2v) is 7.36. The van der Waals surface area contributed by atoms with Gasteiger partial charge in [-0.15, -0.1) is 5.10 Å². The quantitative estimate of drug-likeness (QED) is 0.901. The van der Waals surface area contributed by atoms with Gasteiger partial charge < -0.3 is 14.1 Å². The van der Waals surface area contributed by atoms with Gasteiger partial charge >= 0.3 is 11.8 Å². The Kier molecular flexibility index (Phi) is 5.13. The lowest BCUT2D eigenvalue weighted by Gasteiger charge is -2.35. The molecule has 8 heteroatoms. The molecule has 1 saturated heterocycles. The molecule has 0 bridgehead atoms. The Hall–Kier alpha value is -2.61. The van der Waals surface area contributed by atoms with Crippen LogP contribution in [-0.4, -0.2) is 57.9 Å². The smallest absolute Gasteiger partial charge is 0.434 e. The predicted molar refractivity (Wildman–Crippen MR) is 95.6 cm³/mol. The Labute approximate surface area is 151 Å². The second-order valence-electron chi connectivity index (χ2n) is 7.36. The van der Waals surface area contributed by atoms with Crippen molar-refractivity contribution < 1.29 is 13.9 Å². The molecular formula is C18H24N4O4. The first-order valence-electron chi connectivity index (χ1n) is 8.65. The van der Waals surface area contributed by atoms with Crippen LogP contribution in [0.25, 0.3) is 11.5 Å². The molecule has 0 radical (unpaired) electrons. The summed E-state index contributed by atoms with van der Waals surface area (Å²) < 4.78 is 10.4. The molecule has 1 aromatic heterocycles. The molecule has 2 heterocycles. The van der Waals surface area contributed by atoms with Crippen LogP contribution in [0.15, 0.2) is 33.5 Å². The summed E-state index contributed by atoms with van der Waals surface area (Å²) in [7, 11) is 0. The van der Waals surface area contributed by atoms with Crippen LogP contribution in [0.5, 0.6) is 0 Å². The predicted octanol–water partition coefficient (Wildman–Crippen LogP) is 2.08. The van der Waals surface area contributed by atoms with Crippen LogP contribution in [0.4, 0.5) is 4.79 Å². The van der Waals surface area contributed by atoms with E-state index in [2.05, 4.69) is 15.1 Å². The van der Waals surface area contributed by atoms with Crippen LogP contribution in [0.1, 0.15) is 26.3 Å². The van der Waals surface area contributed by atoms with Crippen LogP contribution < -0.4 is 5.76 Å². The molecule has 140 valence electrons. The van der Waals surface area contributed by atoms with E-state index in [0.29, 0.717) is 13.1 Å². The third-order valence-corrected chi connectivity index (χ3v) is 4.07. The zero-order valence-electron chi connectivity index (χ0n) is 15.3. The number of amides is 1. The number of carbonyl (C=O) groups is 1. The lowest BCUT2D eigenvalue weighted by Crippen LogP contribution is -2.49. The molecule has 1 aliphatic heterocycles. The van der Waals surface area contributed by atoms with Crippen molar-refractivity contribution in [2.24, 2.45) is 0 Å². The summed E-state index contributed by atoms with van der Waals surface area (Å²) in [5.74, 6) is -0.278. The van der Waals surface area contributed by atoms with Crippen molar-refractivity contribution in [1.29, 1.82) is 0 Å². The van der Waals surface area contributed by atoms with Crippen LogP contribution in [0, 0.1) is 0 Å². The van der Waals surface area contributed by atoms with Gasteiger partial charge in [-0.3, -0.25) is 4.90 Å². The standard InChI is InChI=1S/C18H24N4O4/c1-18(2,3)26-17(24)22-10-8-21(9-11-22)12-13-4-6-14(7-5-13)15-19-20-16(23)25-15/h4-7H,8-12H2,1-3H3,(H,20,23). The number of benzene rings is 1. The van der Waals surface area contributed by atoms with Gasteiger partial charge in [-0.1, -0.05) is 12.1 Å². The lowest BCUT2D eigenvalue weighted by atomic mass is 10.1. The van der Waals surface area contributed by atoms with E-state index in [0.717, 1.165) is 30.8 Å². The zero-order chi connectivity index (χ0) is 18.7. The molecule has 1 amide bonds. The highest BCUT2D eigenvalue weighted by Gasteiger charge is 2.25. The Bertz CT molecular complexity index is 796. The van der Waals surface area contributed by atoms with Crippen LogP contribution in [-0.2, 0) is 11.3 Å². The molecule has 8 nitrogen and oxygen atoms in total. The number of nitrogens with one attached hydrogen (secondary N) is 1. The highest BCUT2D eigenvalue weighted by molar-refractivity contribution is 5.68. The molecule has 2 aromatic rings. The maximum atomic E-state index is 12.1. The summed E-state index contributed by atoms with van der Waals surface area (Å²) >= 11 is 0. The maximum absolute atomic E-state index is 12.1. The summed E-state index contributed by atoms with van der Waals surface area (Å²) in [4.78, 5) is 27.2. The van der Waals surface area contributed by atoms with Crippen molar-refractivity contribution in [3.63, 3.8) is 0 Å². The Morgan fingerprint density at radius 3 is 2.38 bits per heavy atom. The monoisotopic (exact) mass is 360 g/mol. The van der Waals surface area contributed by atoms with E-state index in [1.54, 1.807) is 4.90 Å². The fourth-order valence-corrected chi connectivity index (χ4v) is 2.78. The molecular weight excluding hydrogens is 336 g/mol. The van der Waals surface area contributed by atoms with E-state index < -0.39 is 11.4 Å². The molecule has 0 aliphatic carbocycles. The van der Waals surface area contributed by atoms with Gasteiger partial charge in [0.05, 0.1) is 0 Å². The molecule has 1 aromatic carbocycles. The summed E-state index contributed by atoms with van der Waals surface area (Å²) in [5.41, 5.74) is 1.43. The van der Waals surface area contributed by atoms with E-state index in [9.17, 15) is 9.59 Å². The molecule has 0 spiro atoms. The Balaban J connectivity index is 1.51. The van der Waals surface area contributed by atoms with E-state index in [-0.39, 0.29) is 12.0 Å². The molecule has 1 N–H and O–H groups in total. The van der Waals surface area contributed by atoms with E-state index in [1.807, 2.05) is 45.0 Å². The van der Waals surface area contributed by atoms with Gasteiger partial charge in [0.25, 0.3) is 0 Å². The van der Waals surface area contributed by atoms with Crippen LogP contribution in [0.3, 0.4) is 0 Å². The first kappa shape index (κ1) is 18.2. The highest BCUT2D eigenvalue weighted by Crippen LogP contribution is 2.17. The number of ether oxygens (including phenoxy) is 1. The van der Waals surface area contributed by atoms with Gasteiger partial charge in [0.1, 0.15) is 5.60 Å². The van der Waals surface area contributed by atoms with Crippen molar-refractivity contribution in [2.45, 2.75) is 32.9 Å². The number of hydrogen-bond donors (Lipinski definition) is 1. The molecule has 0 saturated carbocycles. The largest absolute Gasteiger partial charge is 0.444 e. The fourth-order valence-electron chi connectivity index (χ4n) is 2.78. The third kappa shape index (κ3) is 4.72. The summed E-state index contributed by atoms with van der Waals surface area (Å²) in [6.07, 6.45) is -0.248. The molecule has 0 atom stereocenters.